The summed E-state index contributed by atoms with van der Waals surface area (Å²) >= 11 is 0. The van der Waals surface area contributed by atoms with Gasteiger partial charge in [-0.05, 0) is 89.9 Å². The van der Waals surface area contributed by atoms with Gasteiger partial charge in [0, 0.05) is 13.0 Å². The smallest absolute Gasteiger partial charge is 0.306 e. The molecular weight excluding hydrogens is 885 g/mol. The van der Waals surface area contributed by atoms with E-state index in [1.807, 2.05) is 0 Å². The fourth-order valence-corrected chi connectivity index (χ4v) is 7.44. The number of ether oxygens (including phenoxy) is 6. The van der Waals surface area contributed by atoms with Gasteiger partial charge in [-0.3, -0.25) is 4.79 Å². The van der Waals surface area contributed by atoms with Gasteiger partial charge in [0.2, 0.25) is 0 Å². The van der Waals surface area contributed by atoms with E-state index in [1.165, 1.54) is 0 Å². The molecule has 2 aliphatic rings. The predicted molar refractivity (Wildman–Crippen MR) is 270 cm³/mol. The van der Waals surface area contributed by atoms with Gasteiger partial charge in [0.15, 0.2) is 12.6 Å². The summed E-state index contributed by atoms with van der Waals surface area (Å²) in [6.45, 7) is 3.35. The highest BCUT2D eigenvalue weighted by molar-refractivity contribution is 5.69. The van der Waals surface area contributed by atoms with E-state index in [1.54, 1.807) is 0 Å². The van der Waals surface area contributed by atoms with Crippen molar-refractivity contribution in [3.63, 3.8) is 0 Å². The lowest BCUT2D eigenvalue weighted by Gasteiger charge is -2.42. The molecule has 11 atom stereocenters. The number of rotatable bonds is 39. The van der Waals surface area contributed by atoms with Crippen LogP contribution in [-0.4, -0.2) is 142 Å². The summed E-state index contributed by atoms with van der Waals surface area (Å²) in [5, 5.41) is 72.1. The molecule has 2 saturated heterocycles. The second-order valence-corrected chi connectivity index (χ2v) is 17.6. The van der Waals surface area contributed by atoms with Crippen molar-refractivity contribution >= 4 is 5.97 Å². The third-order valence-electron chi connectivity index (χ3n) is 11.6. The van der Waals surface area contributed by atoms with E-state index in [9.17, 15) is 40.5 Å². The van der Waals surface area contributed by atoms with Crippen LogP contribution in [0.1, 0.15) is 142 Å². The van der Waals surface area contributed by atoms with Gasteiger partial charge >= 0.3 is 5.97 Å². The zero-order chi connectivity index (χ0) is 50.2. The molecule has 69 heavy (non-hydrogen) atoms. The van der Waals surface area contributed by atoms with Gasteiger partial charge in [0.1, 0.15) is 54.9 Å². The summed E-state index contributed by atoms with van der Waals surface area (Å²) in [5.41, 5.74) is 0. The summed E-state index contributed by atoms with van der Waals surface area (Å²) in [5.74, 6) is -0.416. The Morgan fingerprint density at radius 1 is 0.478 bits per heavy atom. The minimum absolute atomic E-state index is 0.0325. The van der Waals surface area contributed by atoms with Gasteiger partial charge in [0.05, 0.1) is 26.4 Å². The largest absolute Gasteiger partial charge is 0.457 e. The van der Waals surface area contributed by atoms with E-state index in [4.69, 9.17) is 28.4 Å². The molecule has 0 aliphatic carbocycles. The summed E-state index contributed by atoms with van der Waals surface area (Å²) < 4.78 is 34.2. The Morgan fingerprint density at radius 3 is 1.41 bits per heavy atom. The van der Waals surface area contributed by atoms with E-state index < -0.39 is 86.7 Å². The number of carbonyl (C=O) groups is 1. The van der Waals surface area contributed by atoms with Gasteiger partial charge in [-0.2, -0.15) is 0 Å². The molecule has 0 aromatic heterocycles. The van der Waals surface area contributed by atoms with Crippen molar-refractivity contribution in [1.29, 1.82) is 0 Å². The van der Waals surface area contributed by atoms with Crippen molar-refractivity contribution in [2.45, 2.75) is 210 Å². The van der Waals surface area contributed by atoms with E-state index >= 15 is 0 Å². The lowest BCUT2D eigenvalue weighted by atomic mass is 9.98. The maximum absolute atomic E-state index is 13.0. The Hall–Kier alpha value is -3.09. The van der Waals surface area contributed by atoms with Crippen molar-refractivity contribution in [1.82, 2.24) is 0 Å². The molecule has 11 unspecified atom stereocenters. The fraction of sp³-hybridized carbons (Fsp3) is 0.691. The number of carbonyl (C=O) groups excluding carboxylic acids is 1. The van der Waals surface area contributed by atoms with E-state index in [0.29, 0.717) is 13.0 Å². The number of esters is 1. The van der Waals surface area contributed by atoms with Crippen LogP contribution in [0, 0.1) is 0 Å². The average molecular weight is 975 g/mol. The van der Waals surface area contributed by atoms with Gasteiger partial charge in [-0.1, -0.05) is 143 Å². The monoisotopic (exact) mass is 975 g/mol. The highest BCUT2D eigenvalue weighted by atomic mass is 16.7. The standard InChI is InChI=1S/C55H90O14/c1-3-5-7-9-11-13-15-17-18-19-20-21-22-23-24-25-27-29-31-33-35-37-39-64-41-44(67-47(57)38-36-34-32-30-28-26-16-14-12-10-8-6-4-2)42-65-54-53(63)51(61)49(59)46(69-54)43-66-55-52(62)50(60)48(58)45(40-56)68-55/h5-8,11-14,17-18,20-21,23-24,26,28,44-46,48-56,58-63H,3-4,9-10,15-16,19,22,25,27,29-43H2,1-2H3/b7-5-,8-6-,13-11-,14-12-,18-17-,21-20-,24-23-,28-26-. The van der Waals surface area contributed by atoms with E-state index in [0.717, 1.165) is 116 Å². The second-order valence-electron chi connectivity index (χ2n) is 17.6. The Labute approximate surface area is 413 Å². The Morgan fingerprint density at radius 2 is 0.899 bits per heavy atom. The topological polar surface area (TPSA) is 214 Å². The molecule has 0 saturated carbocycles. The van der Waals surface area contributed by atoms with Crippen LogP contribution in [0.5, 0.6) is 0 Å². The fourth-order valence-electron chi connectivity index (χ4n) is 7.44. The summed E-state index contributed by atoms with van der Waals surface area (Å²) in [4.78, 5) is 13.0. The quantitative estimate of drug-likeness (QED) is 0.0178. The highest BCUT2D eigenvalue weighted by Crippen LogP contribution is 2.26. The maximum Gasteiger partial charge on any atom is 0.306 e. The van der Waals surface area contributed by atoms with Crippen LogP contribution in [0.2, 0.25) is 0 Å². The van der Waals surface area contributed by atoms with Gasteiger partial charge in [0.25, 0.3) is 0 Å². The van der Waals surface area contributed by atoms with Crippen molar-refractivity contribution in [2.75, 3.05) is 33.0 Å². The van der Waals surface area contributed by atoms with Crippen LogP contribution in [0.3, 0.4) is 0 Å². The minimum Gasteiger partial charge on any atom is -0.457 e. The first-order valence-corrected chi connectivity index (χ1v) is 25.8. The number of allylic oxidation sites excluding steroid dienone is 16. The second kappa shape index (κ2) is 41.5. The zero-order valence-electron chi connectivity index (χ0n) is 41.8. The number of hydrogen-bond donors (Lipinski definition) is 7. The van der Waals surface area contributed by atoms with Gasteiger partial charge in [-0.25, -0.2) is 0 Å². The molecular formula is C55H90O14. The molecule has 2 aliphatic heterocycles. The molecule has 394 valence electrons. The van der Waals surface area contributed by atoms with E-state index in [-0.39, 0.29) is 19.6 Å². The number of aliphatic hydroxyl groups excluding tert-OH is 7. The minimum atomic E-state index is -1.72. The molecule has 0 aromatic rings. The molecule has 0 aromatic carbocycles. The molecule has 0 amide bonds. The van der Waals surface area contributed by atoms with Crippen LogP contribution < -0.4 is 0 Å². The third kappa shape index (κ3) is 29.1. The van der Waals surface area contributed by atoms with Crippen LogP contribution >= 0.6 is 0 Å². The van der Waals surface area contributed by atoms with Crippen LogP contribution in [-0.2, 0) is 33.2 Å². The number of unbranched alkanes of at least 4 members (excludes halogenated alkanes) is 9. The van der Waals surface area contributed by atoms with Crippen LogP contribution in [0.4, 0.5) is 0 Å². The highest BCUT2D eigenvalue weighted by Gasteiger charge is 2.47. The molecule has 2 fully saturated rings. The third-order valence-corrected chi connectivity index (χ3v) is 11.6. The molecule has 0 bridgehead atoms. The van der Waals surface area contributed by atoms with Crippen molar-refractivity contribution in [3.8, 4) is 0 Å². The van der Waals surface area contributed by atoms with Crippen LogP contribution in [0.15, 0.2) is 97.2 Å². The van der Waals surface area contributed by atoms with Crippen molar-refractivity contribution in [3.05, 3.63) is 97.2 Å². The van der Waals surface area contributed by atoms with Crippen molar-refractivity contribution in [2.24, 2.45) is 0 Å². The summed E-state index contributed by atoms with van der Waals surface area (Å²) in [6.07, 6.45) is 37.6. The lowest BCUT2D eigenvalue weighted by molar-refractivity contribution is -0.332. The molecule has 2 heterocycles. The zero-order valence-corrected chi connectivity index (χ0v) is 41.8. The van der Waals surface area contributed by atoms with Crippen molar-refractivity contribution < 1.29 is 69.0 Å². The molecule has 0 radical (unpaired) electrons. The number of aliphatic hydroxyl groups is 7. The first-order chi connectivity index (χ1) is 33.6. The first-order valence-electron chi connectivity index (χ1n) is 25.8. The van der Waals surface area contributed by atoms with Gasteiger partial charge in [-0.15, -0.1) is 0 Å². The Balaban J connectivity index is 1.77. The van der Waals surface area contributed by atoms with Crippen LogP contribution in [0.25, 0.3) is 0 Å². The van der Waals surface area contributed by atoms with E-state index in [2.05, 4.69) is 111 Å². The Bertz CT molecular complexity index is 1500. The lowest BCUT2D eigenvalue weighted by Crippen LogP contribution is -2.61. The summed E-state index contributed by atoms with van der Waals surface area (Å²) in [7, 11) is 0. The first kappa shape index (κ1) is 62.0. The Kier molecular flexibility index (Phi) is 37.3. The average Bonchev–Trinajstić information content (AvgIpc) is 3.35. The normalized spacial score (nSPS) is 26.5. The molecule has 7 N–H and O–H groups in total. The molecule has 2 rings (SSSR count). The summed E-state index contributed by atoms with van der Waals surface area (Å²) in [6, 6.07) is 0. The molecule has 14 heteroatoms. The molecule has 0 spiro atoms. The van der Waals surface area contributed by atoms with Gasteiger partial charge < -0.3 is 64.2 Å². The number of hydrogen-bond acceptors (Lipinski definition) is 14. The maximum atomic E-state index is 13.0. The predicted octanol–water partition coefficient (Wildman–Crippen LogP) is 7.85. The molecule has 14 nitrogen and oxygen atoms in total. The SMILES string of the molecule is CC/C=C\C/C=C\C/C=C\C/C=C\C/C=C\CCCCCCCCOCC(COC1OC(COC2OC(CO)C(O)C(O)C2O)C(O)C(O)C1O)OC(=O)CCCCC/C=C\C/C=C\C/C=C\CC.